The molecule has 0 spiro atoms. The fourth-order valence-corrected chi connectivity index (χ4v) is 2.77. The number of benzene rings is 3. The number of hydrogen-bond acceptors (Lipinski definition) is 2. The van der Waals surface area contributed by atoms with Crippen LogP contribution >= 0.6 is 0 Å². The highest BCUT2D eigenvalue weighted by Crippen LogP contribution is 2.21. The highest BCUT2D eigenvalue weighted by Gasteiger charge is 2.06. The van der Waals surface area contributed by atoms with Gasteiger partial charge in [-0.15, -0.1) is 0 Å². The van der Waals surface area contributed by atoms with E-state index >= 15 is 0 Å². The first-order chi connectivity index (χ1) is 11.7. The molecule has 0 aromatic heterocycles. The Kier molecular flexibility index (Phi) is 5.12. The molecule has 0 aliphatic heterocycles. The molecule has 3 nitrogen and oxygen atoms in total. The van der Waals surface area contributed by atoms with Crippen LogP contribution < -0.4 is 4.74 Å². The van der Waals surface area contributed by atoms with Gasteiger partial charge in [0.05, 0.1) is 6.61 Å². The van der Waals surface area contributed by atoms with Gasteiger partial charge >= 0.3 is 5.97 Å². The van der Waals surface area contributed by atoms with Gasteiger partial charge in [-0.3, -0.25) is 4.79 Å². The molecule has 0 heterocycles. The molecule has 0 fully saturated rings. The molecule has 3 aromatic carbocycles. The van der Waals surface area contributed by atoms with Crippen LogP contribution in [0.4, 0.5) is 0 Å². The van der Waals surface area contributed by atoms with Gasteiger partial charge in [-0.25, -0.2) is 0 Å². The molecule has 0 saturated carbocycles. The Bertz CT molecular complexity index is 839. The van der Waals surface area contributed by atoms with Crippen molar-refractivity contribution in [3.63, 3.8) is 0 Å². The zero-order valence-electron chi connectivity index (χ0n) is 13.4. The second-order valence-corrected chi connectivity index (χ2v) is 5.78. The van der Waals surface area contributed by atoms with E-state index in [0.29, 0.717) is 13.0 Å². The van der Waals surface area contributed by atoms with Gasteiger partial charge in [0.15, 0.2) is 0 Å². The van der Waals surface area contributed by atoms with Gasteiger partial charge < -0.3 is 9.84 Å². The molecule has 0 saturated heterocycles. The maximum Gasteiger partial charge on any atom is 0.303 e. The van der Waals surface area contributed by atoms with Crippen molar-refractivity contribution in [2.45, 2.75) is 19.3 Å². The third kappa shape index (κ3) is 4.13. The fraction of sp³-hybridized carbons (Fsp3) is 0.190. The second kappa shape index (κ2) is 7.64. The number of aliphatic carboxylic acids is 1. The van der Waals surface area contributed by atoms with Crippen LogP contribution in [0.1, 0.15) is 17.5 Å². The molecule has 0 atom stereocenters. The van der Waals surface area contributed by atoms with Crippen LogP contribution in [0, 0.1) is 0 Å². The Balaban J connectivity index is 1.62. The minimum absolute atomic E-state index is 0.116. The summed E-state index contributed by atoms with van der Waals surface area (Å²) in [6, 6.07) is 22.4. The highest BCUT2D eigenvalue weighted by atomic mass is 16.5. The molecule has 1 N–H and O–H groups in total. The summed E-state index contributed by atoms with van der Waals surface area (Å²) < 4.78 is 5.89. The molecule has 0 aliphatic carbocycles. The van der Waals surface area contributed by atoms with E-state index in [1.165, 1.54) is 16.3 Å². The van der Waals surface area contributed by atoms with E-state index in [0.717, 1.165) is 17.7 Å². The molecule has 0 bridgehead atoms. The van der Waals surface area contributed by atoms with Crippen LogP contribution in [-0.4, -0.2) is 17.7 Å². The molecule has 0 unspecified atom stereocenters. The van der Waals surface area contributed by atoms with E-state index in [9.17, 15) is 4.79 Å². The number of carboxylic acid groups (broad SMARTS) is 1. The first kappa shape index (κ1) is 16.1. The number of para-hydroxylation sites is 1. The summed E-state index contributed by atoms with van der Waals surface area (Å²) in [5.74, 6) is -0.0134. The Morgan fingerprint density at radius 3 is 2.46 bits per heavy atom. The molecule has 0 radical (unpaired) electrons. The number of ether oxygens (including phenoxy) is 1. The van der Waals surface area contributed by atoms with Crippen molar-refractivity contribution in [1.29, 1.82) is 0 Å². The SMILES string of the molecule is O=C(O)CCc1ccccc1OCCc1ccc2ccccc2c1. The van der Waals surface area contributed by atoms with E-state index < -0.39 is 5.97 Å². The summed E-state index contributed by atoms with van der Waals surface area (Å²) in [5.41, 5.74) is 2.18. The Morgan fingerprint density at radius 2 is 1.62 bits per heavy atom. The molecule has 3 rings (SSSR count). The molecule has 0 amide bonds. The number of rotatable bonds is 7. The van der Waals surface area contributed by atoms with Crippen LogP contribution in [0.2, 0.25) is 0 Å². The number of carboxylic acids is 1. The van der Waals surface area contributed by atoms with Crippen molar-refractivity contribution < 1.29 is 14.6 Å². The minimum Gasteiger partial charge on any atom is -0.493 e. The first-order valence-electron chi connectivity index (χ1n) is 8.12. The predicted octanol–water partition coefficient (Wildman–Crippen LogP) is 4.48. The van der Waals surface area contributed by atoms with E-state index in [4.69, 9.17) is 9.84 Å². The van der Waals surface area contributed by atoms with Gasteiger partial charge in [-0.05, 0) is 34.4 Å². The lowest BCUT2D eigenvalue weighted by atomic mass is 10.1. The summed E-state index contributed by atoms with van der Waals surface area (Å²) in [5, 5.41) is 11.3. The van der Waals surface area contributed by atoms with Crippen LogP contribution in [0.15, 0.2) is 66.7 Å². The van der Waals surface area contributed by atoms with Crippen molar-refractivity contribution in [3.8, 4) is 5.75 Å². The molecule has 122 valence electrons. The largest absolute Gasteiger partial charge is 0.493 e. The van der Waals surface area contributed by atoms with Crippen LogP contribution in [0.25, 0.3) is 10.8 Å². The van der Waals surface area contributed by atoms with Crippen LogP contribution in [-0.2, 0) is 17.6 Å². The van der Waals surface area contributed by atoms with Gasteiger partial charge in [0.2, 0.25) is 0 Å². The van der Waals surface area contributed by atoms with E-state index in [2.05, 4.69) is 30.3 Å². The monoisotopic (exact) mass is 320 g/mol. The van der Waals surface area contributed by atoms with Gasteiger partial charge in [0.1, 0.15) is 5.75 Å². The smallest absolute Gasteiger partial charge is 0.303 e. The zero-order valence-corrected chi connectivity index (χ0v) is 13.4. The Labute approximate surface area is 141 Å². The molecule has 3 heteroatoms. The van der Waals surface area contributed by atoms with Crippen molar-refractivity contribution in [2.24, 2.45) is 0 Å². The summed E-state index contributed by atoms with van der Waals surface area (Å²) in [6.07, 6.45) is 1.42. The second-order valence-electron chi connectivity index (χ2n) is 5.78. The summed E-state index contributed by atoms with van der Waals surface area (Å²) in [6.45, 7) is 0.572. The lowest BCUT2D eigenvalue weighted by Crippen LogP contribution is -2.05. The van der Waals surface area contributed by atoms with E-state index in [1.807, 2.05) is 36.4 Å². The van der Waals surface area contributed by atoms with Crippen molar-refractivity contribution in [2.75, 3.05) is 6.61 Å². The van der Waals surface area contributed by atoms with E-state index in [1.54, 1.807) is 0 Å². The normalized spacial score (nSPS) is 10.7. The van der Waals surface area contributed by atoms with Gasteiger partial charge in [0.25, 0.3) is 0 Å². The Hall–Kier alpha value is -2.81. The highest BCUT2D eigenvalue weighted by molar-refractivity contribution is 5.82. The fourth-order valence-electron chi connectivity index (χ4n) is 2.77. The van der Waals surface area contributed by atoms with Crippen molar-refractivity contribution in [1.82, 2.24) is 0 Å². The van der Waals surface area contributed by atoms with Crippen molar-refractivity contribution in [3.05, 3.63) is 77.9 Å². The molecule has 24 heavy (non-hydrogen) atoms. The summed E-state index contributed by atoms with van der Waals surface area (Å²) in [7, 11) is 0. The van der Waals surface area contributed by atoms with Gasteiger partial charge in [-0.2, -0.15) is 0 Å². The maximum atomic E-state index is 10.7. The summed E-state index contributed by atoms with van der Waals surface area (Å²) >= 11 is 0. The zero-order chi connectivity index (χ0) is 16.8. The first-order valence-corrected chi connectivity index (χ1v) is 8.12. The summed E-state index contributed by atoms with van der Waals surface area (Å²) in [4.78, 5) is 10.7. The lowest BCUT2D eigenvalue weighted by molar-refractivity contribution is -0.136. The van der Waals surface area contributed by atoms with E-state index in [-0.39, 0.29) is 6.42 Å². The average molecular weight is 320 g/mol. The molecule has 0 aliphatic rings. The minimum atomic E-state index is -0.791. The third-order valence-corrected chi connectivity index (χ3v) is 4.04. The van der Waals surface area contributed by atoms with Crippen molar-refractivity contribution >= 4 is 16.7 Å². The van der Waals surface area contributed by atoms with Crippen LogP contribution in [0.3, 0.4) is 0 Å². The number of carbonyl (C=O) groups is 1. The molecular weight excluding hydrogens is 300 g/mol. The number of aryl methyl sites for hydroxylation is 1. The van der Waals surface area contributed by atoms with Gasteiger partial charge in [-0.1, -0.05) is 60.7 Å². The van der Waals surface area contributed by atoms with Gasteiger partial charge in [0, 0.05) is 12.8 Å². The van der Waals surface area contributed by atoms with Crippen LogP contribution in [0.5, 0.6) is 5.75 Å². The predicted molar refractivity (Wildman–Crippen MR) is 95.5 cm³/mol. The average Bonchev–Trinajstić information content (AvgIpc) is 2.61. The lowest BCUT2D eigenvalue weighted by Gasteiger charge is -2.11. The maximum absolute atomic E-state index is 10.7. The molecule has 3 aromatic rings. The Morgan fingerprint density at radius 1 is 0.875 bits per heavy atom. The quantitative estimate of drug-likeness (QED) is 0.698. The standard InChI is InChI=1S/C21H20O3/c22-21(23)12-11-18-6-3-4-8-20(18)24-14-13-16-9-10-17-5-1-2-7-19(17)15-16/h1-10,15H,11-14H2,(H,22,23). The molecular formula is C21H20O3. The number of fused-ring (bicyclic) bond motifs is 1. The third-order valence-electron chi connectivity index (χ3n) is 4.04. The topological polar surface area (TPSA) is 46.5 Å². The number of hydrogen-bond donors (Lipinski definition) is 1.